The van der Waals surface area contributed by atoms with Gasteiger partial charge in [0, 0.05) is 25.6 Å². The summed E-state index contributed by atoms with van der Waals surface area (Å²) in [6.07, 6.45) is 8.81. The number of carbonyl (C=O) groups excluding carboxylic acids is 1. The molecule has 3 heterocycles. The van der Waals surface area contributed by atoms with Crippen LogP contribution >= 0.6 is 0 Å². The van der Waals surface area contributed by atoms with Gasteiger partial charge in [0.05, 0.1) is 0 Å². The predicted octanol–water partition coefficient (Wildman–Crippen LogP) is 3.32. The fourth-order valence-electron chi connectivity index (χ4n) is 5.44. The van der Waals surface area contributed by atoms with Crippen molar-refractivity contribution in [2.24, 2.45) is 5.41 Å². The first kappa shape index (κ1) is 19.7. The second-order valence-corrected chi connectivity index (χ2v) is 9.42. The molecule has 1 saturated heterocycles. The number of nitrogens with zero attached hydrogens (tertiary/aromatic N) is 4. The average molecular weight is 412 g/mol. The van der Waals surface area contributed by atoms with Gasteiger partial charge >= 0.3 is 0 Å². The second-order valence-electron chi connectivity index (χ2n) is 9.42. The number of fused-ring (bicyclic) bond motifs is 1. The van der Waals surface area contributed by atoms with E-state index in [4.69, 9.17) is 0 Å². The van der Waals surface area contributed by atoms with Crippen LogP contribution in [0.4, 0.5) is 4.39 Å². The summed E-state index contributed by atoms with van der Waals surface area (Å²) in [6.45, 7) is 3.59. The molecule has 0 bridgehead atoms. The zero-order chi connectivity index (χ0) is 20.6. The molecule has 1 aromatic carbocycles. The van der Waals surface area contributed by atoms with Crippen molar-refractivity contribution in [1.29, 1.82) is 0 Å². The van der Waals surface area contributed by atoms with Gasteiger partial charge in [-0.25, -0.2) is 4.39 Å². The van der Waals surface area contributed by atoms with Gasteiger partial charge < -0.3 is 9.88 Å². The van der Waals surface area contributed by atoms with Gasteiger partial charge in [-0.15, -0.1) is 10.2 Å². The Morgan fingerprint density at radius 1 is 1.17 bits per heavy atom. The van der Waals surface area contributed by atoms with E-state index in [0.717, 1.165) is 69.7 Å². The van der Waals surface area contributed by atoms with E-state index in [0.29, 0.717) is 5.82 Å². The summed E-state index contributed by atoms with van der Waals surface area (Å²) >= 11 is 0. The van der Waals surface area contributed by atoms with E-state index in [1.165, 1.54) is 25.3 Å². The zero-order valence-corrected chi connectivity index (χ0v) is 17.4. The minimum absolute atomic E-state index is 0.0683. The SMILES string of the molecule is O=C(NC1CCCCC1)c1nnc2n1CC1(CCN(Cc3cccc(F)c3)CC1)C2. The number of likely N-dealkylation sites (tertiary alicyclic amines) is 1. The molecule has 1 spiro atoms. The number of halogens is 1. The molecule has 0 atom stereocenters. The molecule has 7 heteroatoms. The van der Waals surface area contributed by atoms with Gasteiger partial charge in [-0.2, -0.15) is 0 Å². The lowest BCUT2D eigenvalue weighted by Crippen LogP contribution is -2.41. The maximum Gasteiger partial charge on any atom is 0.289 e. The fourth-order valence-corrected chi connectivity index (χ4v) is 5.44. The minimum Gasteiger partial charge on any atom is -0.347 e. The maximum atomic E-state index is 13.5. The molecule has 30 heavy (non-hydrogen) atoms. The smallest absolute Gasteiger partial charge is 0.289 e. The lowest BCUT2D eigenvalue weighted by atomic mass is 9.77. The first-order valence-corrected chi connectivity index (χ1v) is 11.3. The Kier molecular flexibility index (Phi) is 5.31. The van der Waals surface area contributed by atoms with Crippen LogP contribution in [-0.4, -0.2) is 44.7 Å². The largest absolute Gasteiger partial charge is 0.347 e. The Morgan fingerprint density at radius 3 is 2.73 bits per heavy atom. The third-order valence-corrected chi connectivity index (χ3v) is 7.21. The van der Waals surface area contributed by atoms with Crippen LogP contribution in [0.5, 0.6) is 0 Å². The quantitative estimate of drug-likeness (QED) is 0.838. The van der Waals surface area contributed by atoms with Crippen molar-refractivity contribution in [3.63, 3.8) is 0 Å². The Morgan fingerprint density at radius 2 is 1.97 bits per heavy atom. The number of rotatable bonds is 4. The molecule has 6 nitrogen and oxygen atoms in total. The summed E-state index contributed by atoms with van der Waals surface area (Å²) < 4.78 is 15.5. The first-order valence-electron chi connectivity index (χ1n) is 11.3. The lowest BCUT2D eigenvalue weighted by molar-refractivity contribution is 0.0882. The summed E-state index contributed by atoms with van der Waals surface area (Å²) in [5.74, 6) is 1.19. The lowest BCUT2D eigenvalue weighted by Gasteiger charge is -2.39. The normalized spacial score (nSPS) is 21.6. The highest BCUT2D eigenvalue weighted by Gasteiger charge is 2.43. The van der Waals surface area contributed by atoms with Gasteiger partial charge in [-0.1, -0.05) is 31.4 Å². The van der Waals surface area contributed by atoms with E-state index in [1.54, 1.807) is 12.1 Å². The minimum atomic E-state index is -0.172. The van der Waals surface area contributed by atoms with Gasteiger partial charge in [-0.05, 0) is 61.9 Å². The number of piperidine rings is 1. The van der Waals surface area contributed by atoms with Crippen LogP contribution in [0.25, 0.3) is 0 Å². The summed E-state index contributed by atoms with van der Waals surface area (Å²) in [7, 11) is 0. The summed E-state index contributed by atoms with van der Waals surface area (Å²) in [6, 6.07) is 7.16. The molecular formula is C23H30FN5O. The van der Waals surface area contributed by atoms with Gasteiger partial charge in [-0.3, -0.25) is 9.69 Å². The van der Waals surface area contributed by atoms with Gasteiger partial charge in [0.15, 0.2) is 0 Å². The zero-order valence-electron chi connectivity index (χ0n) is 17.4. The Labute approximate surface area is 176 Å². The van der Waals surface area contributed by atoms with E-state index >= 15 is 0 Å². The average Bonchev–Trinajstić information content (AvgIpc) is 3.28. The number of hydrogen-bond donors (Lipinski definition) is 1. The van der Waals surface area contributed by atoms with Crippen molar-refractivity contribution >= 4 is 5.91 Å². The van der Waals surface area contributed by atoms with Crippen molar-refractivity contribution in [1.82, 2.24) is 25.0 Å². The molecule has 3 aliphatic rings. The first-order chi connectivity index (χ1) is 14.6. The molecule has 160 valence electrons. The third kappa shape index (κ3) is 4.00. The third-order valence-electron chi connectivity index (χ3n) is 7.21. The molecule has 1 aliphatic carbocycles. The molecule has 5 rings (SSSR count). The van der Waals surface area contributed by atoms with Gasteiger partial charge in [0.2, 0.25) is 5.82 Å². The van der Waals surface area contributed by atoms with Crippen LogP contribution in [0.1, 0.15) is 67.0 Å². The van der Waals surface area contributed by atoms with E-state index in [9.17, 15) is 9.18 Å². The Hall–Kier alpha value is -2.28. The highest BCUT2D eigenvalue weighted by atomic mass is 19.1. The Bertz CT molecular complexity index is 912. The molecule has 0 unspecified atom stereocenters. The predicted molar refractivity (Wildman–Crippen MR) is 111 cm³/mol. The topological polar surface area (TPSA) is 63.1 Å². The molecule has 1 saturated carbocycles. The number of aromatic nitrogens is 3. The number of nitrogens with one attached hydrogen (secondary N) is 1. The van der Waals surface area contributed by atoms with Crippen molar-refractivity contribution in [2.45, 2.75) is 70.5 Å². The van der Waals surface area contributed by atoms with E-state index in [-0.39, 0.29) is 23.2 Å². The van der Waals surface area contributed by atoms with Crippen LogP contribution in [0.3, 0.4) is 0 Å². The Balaban J connectivity index is 1.20. The standard InChI is InChI=1S/C23H30FN5O/c24-18-6-4-5-17(13-18)15-28-11-9-23(10-12-28)14-20-26-27-21(29(20)16-23)22(30)25-19-7-2-1-3-8-19/h4-6,13,19H,1-3,7-12,14-16H2,(H,25,30). The maximum absolute atomic E-state index is 13.5. The number of hydrogen-bond acceptors (Lipinski definition) is 4. The molecule has 1 amide bonds. The number of carbonyl (C=O) groups is 1. The second kappa shape index (κ2) is 8.10. The number of amides is 1. The molecule has 1 aromatic heterocycles. The fraction of sp³-hybridized carbons (Fsp3) is 0.609. The van der Waals surface area contributed by atoms with Crippen molar-refractivity contribution < 1.29 is 9.18 Å². The summed E-state index contributed by atoms with van der Waals surface area (Å²) in [4.78, 5) is 15.2. The highest BCUT2D eigenvalue weighted by molar-refractivity contribution is 5.91. The van der Waals surface area contributed by atoms with Gasteiger partial charge in [0.1, 0.15) is 11.6 Å². The van der Waals surface area contributed by atoms with E-state index < -0.39 is 0 Å². The molecule has 2 aromatic rings. The summed E-state index contributed by atoms with van der Waals surface area (Å²) in [5.41, 5.74) is 1.19. The van der Waals surface area contributed by atoms with Crippen LogP contribution in [0.15, 0.2) is 24.3 Å². The molecule has 2 fully saturated rings. The van der Waals surface area contributed by atoms with Crippen LogP contribution in [-0.2, 0) is 19.5 Å². The highest BCUT2D eigenvalue weighted by Crippen LogP contribution is 2.41. The molecule has 1 N–H and O–H groups in total. The van der Waals surface area contributed by atoms with Crippen LogP contribution in [0, 0.1) is 11.2 Å². The monoisotopic (exact) mass is 411 g/mol. The summed E-state index contributed by atoms with van der Waals surface area (Å²) in [5, 5.41) is 11.7. The number of benzene rings is 1. The van der Waals surface area contributed by atoms with Crippen molar-refractivity contribution in [3.05, 3.63) is 47.3 Å². The van der Waals surface area contributed by atoms with E-state index in [1.807, 2.05) is 6.07 Å². The molecular weight excluding hydrogens is 381 g/mol. The molecule has 0 radical (unpaired) electrons. The van der Waals surface area contributed by atoms with Crippen molar-refractivity contribution in [3.8, 4) is 0 Å². The van der Waals surface area contributed by atoms with Crippen molar-refractivity contribution in [2.75, 3.05) is 13.1 Å². The van der Waals surface area contributed by atoms with E-state index in [2.05, 4.69) is 25.0 Å². The van der Waals surface area contributed by atoms with Gasteiger partial charge in [0.25, 0.3) is 5.91 Å². The van der Waals surface area contributed by atoms with Crippen LogP contribution in [0.2, 0.25) is 0 Å². The van der Waals surface area contributed by atoms with Crippen LogP contribution < -0.4 is 5.32 Å². The molecule has 2 aliphatic heterocycles.